The van der Waals surface area contributed by atoms with Crippen LogP contribution in [0.3, 0.4) is 0 Å². The van der Waals surface area contributed by atoms with Crippen LogP contribution in [0, 0.1) is 0 Å². The first-order valence-corrected chi connectivity index (χ1v) is 7.13. The molecule has 4 heteroatoms. The van der Waals surface area contributed by atoms with Crippen LogP contribution >= 0.6 is 11.3 Å². The summed E-state index contributed by atoms with van der Waals surface area (Å²) in [6.07, 6.45) is 0. The zero-order chi connectivity index (χ0) is 13.8. The van der Waals surface area contributed by atoms with Crippen LogP contribution in [0.2, 0.25) is 0 Å². The van der Waals surface area contributed by atoms with Gasteiger partial charge in [0.25, 0.3) is 0 Å². The van der Waals surface area contributed by atoms with Gasteiger partial charge in [-0.05, 0) is 47.0 Å². The lowest BCUT2D eigenvalue weighted by Crippen LogP contribution is -2.30. The number of amides is 1. The van der Waals surface area contributed by atoms with Crippen LogP contribution in [-0.2, 0) is 11.3 Å². The number of rotatable bonds is 4. The highest BCUT2D eigenvalue weighted by atomic mass is 32.1. The molecule has 0 aliphatic heterocycles. The zero-order valence-corrected chi connectivity index (χ0v) is 12.0. The number of carbonyl (C=O) groups excluding carboxylic acids is 1. The summed E-state index contributed by atoms with van der Waals surface area (Å²) in [5.74, 6) is -0.0658. The molecule has 2 aromatic rings. The van der Waals surface area contributed by atoms with Crippen molar-refractivity contribution < 1.29 is 4.79 Å². The Morgan fingerprint density at radius 2 is 2.21 bits per heavy atom. The number of hydrogen-bond acceptors (Lipinski definition) is 3. The predicted octanol–water partition coefficient (Wildman–Crippen LogP) is 3.09. The van der Waals surface area contributed by atoms with E-state index >= 15 is 0 Å². The summed E-state index contributed by atoms with van der Waals surface area (Å²) in [4.78, 5) is 14.1. The molecule has 0 aliphatic rings. The highest BCUT2D eigenvalue weighted by Gasteiger charge is 2.19. The molecule has 19 heavy (non-hydrogen) atoms. The average Bonchev–Trinajstić information content (AvgIpc) is 2.89. The summed E-state index contributed by atoms with van der Waals surface area (Å²) in [5.41, 5.74) is 8.58. The smallest absolute Gasteiger partial charge is 0.229 e. The van der Waals surface area contributed by atoms with Crippen LogP contribution in [0.25, 0.3) is 0 Å². The molecule has 0 fully saturated rings. The summed E-state index contributed by atoms with van der Waals surface area (Å²) >= 11 is 1.65. The maximum absolute atomic E-state index is 12.4. The summed E-state index contributed by atoms with van der Waals surface area (Å²) < 4.78 is 0. The van der Waals surface area contributed by atoms with E-state index in [1.807, 2.05) is 49.7 Å². The quantitative estimate of drug-likeness (QED) is 0.871. The molecule has 3 nitrogen and oxygen atoms in total. The van der Waals surface area contributed by atoms with Gasteiger partial charge < -0.3 is 10.6 Å². The lowest BCUT2D eigenvalue weighted by molar-refractivity contribution is -0.131. The first-order chi connectivity index (χ1) is 9.08. The molecule has 1 amide bonds. The fraction of sp³-hybridized carbons (Fsp3) is 0.267. The van der Waals surface area contributed by atoms with E-state index in [0.29, 0.717) is 12.2 Å². The average molecular weight is 274 g/mol. The molecule has 1 heterocycles. The van der Waals surface area contributed by atoms with Crippen molar-refractivity contribution in [3.8, 4) is 0 Å². The first kappa shape index (κ1) is 13.6. The van der Waals surface area contributed by atoms with Crippen molar-refractivity contribution in [2.45, 2.75) is 19.4 Å². The second kappa shape index (κ2) is 5.89. The number of thiophene rings is 1. The topological polar surface area (TPSA) is 46.3 Å². The van der Waals surface area contributed by atoms with Crippen molar-refractivity contribution in [2.75, 3.05) is 12.8 Å². The second-order valence-electron chi connectivity index (χ2n) is 4.72. The Morgan fingerprint density at radius 3 is 2.84 bits per heavy atom. The van der Waals surface area contributed by atoms with E-state index in [-0.39, 0.29) is 11.8 Å². The Kier molecular flexibility index (Phi) is 4.22. The Hall–Kier alpha value is -1.81. The van der Waals surface area contributed by atoms with Crippen LogP contribution in [0.15, 0.2) is 41.1 Å². The molecule has 0 radical (unpaired) electrons. The van der Waals surface area contributed by atoms with E-state index < -0.39 is 0 Å². The Labute approximate surface area is 117 Å². The van der Waals surface area contributed by atoms with Crippen LogP contribution < -0.4 is 5.73 Å². The third-order valence-corrected chi connectivity index (χ3v) is 3.89. The van der Waals surface area contributed by atoms with Crippen LogP contribution in [-0.4, -0.2) is 17.9 Å². The lowest BCUT2D eigenvalue weighted by Gasteiger charge is -2.21. The lowest BCUT2D eigenvalue weighted by atomic mass is 9.99. The van der Waals surface area contributed by atoms with E-state index in [1.54, 1.807) is 16.2 Å². The molecule has 0 bridgehead atoms. The van der Waals surface area contributed by atoms with Crippen molar-refractivity contribution in [2.24, 2.45) is 0 Å². The first-order valence-electron chi connectivity index (χ1n) is 6.19. The number of nitrogen functional groups attached to an aromatic ring is 1. The number of nitrogens with two attached hydrogens (primary N) is 1. The van der Waals surface area contributed by atoms with Crippen molar-refractivity contribution in [1.29, 1.82) is 0 Å². The third-order valence-electron chi connectivity index (χ3n) is 3.16. The fourth-order valence-electron chi connectivity index (χ4n) is 2.04. The van der Waals surface area contributed by atoms with Gasteiger partial charge in [0.1, 0.15) is 0 Å². The van der Waals surface area contributed by atoms with Gasteiger partial charge >= 0.3 is 0 Å². The van der Waals surface area contributed by atoms with Crippen molar-refractivity contribution >= 4 is 22.9 Å². The van der Waals surface area contributed by atoms with Crippen molar-refractivity contribution in [3.05, 3.63) is 52.2 Å². The molecule has 0 saturated heterocycles. The van der Waals surface area contributed by atoms with Gasteiger partial charge in [0.2, 0.25) is 5.91 Å². The van der Waals surface area contributed by atoms with Gasteiger partial charge in [-0.3, -0.25) is 4.79 Å². The van der Waals surface area contributed by atoms with Gasteiger partial charge in [0, 0.05) is 19.3 Å². The van der Waals surface area contributed by atoms with Gasteiger partial charge in [0.05, 0.1) is 5.92 Å². The third kappa shape index (κ3) is 3.35. The van der Waals surface area contributed by atoms with Gasteiger partial charge in [-0.25, -0.2) is 0 Å². The van der Waals surface area contributed by atoms with Gasteiger partial charge in [0.15, 0.2) is 0 Å². The fourth-order valence-corrected chi connectivity index (χ4v) is 2.70. The molecular formula is C15H18N2OS. The number of hydrogen-bond donors (Lipinski definition) is 1. The number of carbonyl (C=O) groups is 1. The largest absolute Gasteiger partial charge is 0.399 e. The predicted molar refractivity (Wildman–Crippen MR) is 80.1 cm³/mol. The SMILES string of the molecule is CC(C(=O)N(C)Cc1ccsc1)c1cccc(N)c1. The Bertz CT molecular complexity index is 551. The van der Waals surface area contributed by atoms with Gasteiger partial charge in [-0.1, -0.05) is 12.1 Å². The van der Waals surface area contributed by atoms with Crippen molar-refractivity contribution in [3.63, 3.8) is 0 Å². The summed E-state index contributed by atoms with van der Waals surface area (Å²) in [6, 6.07) is 9.56. The molecule has 1 atom stereocenters. The maximum Gasteiger partial charge on any atom is 0.229 e. The normalized spacial score (nSPS) is 12.1. The van der Waals surface area contributed by atoms with Crippen LogP contribution in [0.4, 0.5) is 5.69 Å². The summed E-state index contributed by atoms with van der Waals surface area (Å²) in [6.45, 7) is 2.57. The molecule has 0 saturated carbocycles. The molecule has 100 valence electrons. The molecule has 2 N–H and O–H groups in total. The van der Waals surface area contributed by atoms with Crippen LogP contribution in [0.5, 0.6) is 0 Å². The minimum Gasteiger partial charge on any atom is -0.399 e. The highest BCUT2D eigenvalue weighted by Crippen LogP contribution is 2.20. The summed E-state index contributed by atoms with van der Waals surface area (Å²) in [7, 11) is 1.84. The Balaban J connectivity index is 2.06. The standard InChI is InChI=1S/C15H18N2OS/c1-11(13-4-3-5-14(16)8-13)15(18)17(2)9-12-6-7-19-10-12/h3-8,10-11H,9,16H2,1-2H3. The molecule has 1 aromatic heterocycles. The monoisotopic (exact) mass is 274 g/mol. The molecular weight excluding hydrogens is 256 g/mol. The molecule has 0 spiro atoms. The zero-order valence-electron chi connectivity index (χ0n) is 11.2. The van der Waals surface area contributed by atoms with Crippen LogP contribution in [0.1, 0.15) is 24.0 Å². The number of likely N-dealkylation sites (N-methyl/N-ethyl adjacent to an activating group) is 1. The van der Waals surface area contributed by atoms with E-state index in [2.05, 4.69) is 5.38 Å². The highest BCUT2D eigenvalue weighted by molar-refractivity contribution is 7.07. The minimum absolute atomic E-state index is 0.108. The van der Waals surface area contributed by atoms with E-state index in [4.69, 9.17) is 5.73 Å². The molecule has 2 rings (SSSR count). The molecule has 0 aliphatic carbocycles. The van der Waals surface area contributed by atoms with Gasteiger partial charge in [-0.15, -0.1) is 0 Å². The summed E-state index contributed by atoms with van der Waals surface area (Å²) in [5, 5.41) is 4.09. The van der Waals surface area contributed by atoms with E-state index in [0.717, 1.165) is 5.56 Å². The molecule has 1 aromatic carbocycles. The Morgan fingerprint density at radius 1 is 1.42 bits per heavy atom. The minimum atomic E-state index is -0.174. The van der Waals surface area contributed by atoms with Crippen molar-refractivity contribution in [1.82, 2.24) is 4.90 Å². The van der Waals surface area contributed by atoms with E-state index in [1.165, 1.54) is 5.56 Å². The van der Waals surface area contributed by atoms with Gasteiger partial charge in [-0.2, -0.15) is 11.3 Å². The second-order valence-corrected chi connectivity index (χ2v) is 5.50. The molecule has 1 unspecified atom stereocenters. The van der Waals surface area contributed by atoms with E-state index in [9.17, 15) is 4.79 Å². The number of anilines is 1. The maximum atomic E-state index is 12.4. The number of benzene rings is 1. The number of nitrogens with zero attached hydrogens (tertiary/aromatic N) is 1.